The van der Waals surface area contributed by atoms with Crippen LogP contribution < -0.4 is 15.0 Å². The number of amides is 1. The Balaban J connectivity index is 1.70. The minimum Gasteiger partial charge on any atom is -0.497 e. The van der Waals surface area contributed by atoms with E-state index in [1.807, 2.05) is 57.2 Å². The number of Topliss-reactive ketones (excluding diaryl/α,β-unsaturated/α-hetero) is 1. The van der Waals surface area contributed by atoms with Gasteiger partial charge in [-0.05, 0) is 58.7 Å². The maximum absolute atomic E-state index is 14.1. The molecule has 0 spiro atoms. The fraction of sp³-hybridized carbons (Fsp3) is 0.312. The lowest BCUT2D eigenvalue weighted by molar-refractivity contribution is -0.170. The van der Waals surface area contributed by atoms with Crippen molar-refractivity contribution in [3.8, 4) is 5.75 Å². The topological polar surface area (TPSA) is 58.6 Å². The van der Waals surface area contributed by atoms with Gasteiger partial charge in [-0.1, -0.05) is 69.3 Å². The van der Waals surface area contributed by atoms with E-state index in [0.717, 1.165) is 16.0 Å². The molecular formula is C32H31F3N2O3. The third kappa shape index (κ3) is 5.10. The number of rotatable bonds is 3. The summed E-state index contributed by atoms with van der Waals surface area (Å²) in [5.41, 5.74) is 3.27. The molecule has 1 aliphatic carbocycles. The average Bonchev–Trinajstić information content (AvgIpc) is 3.06. The van der Waals surface area contributed by atoms with Crippen molar-refractivity contribution in [3.05, 3.63) is 101 Å². The third-order valence-corrected chi connectivity index (χ3v) is 7.63. The van der Waals surface area contributed by atoms with E-state index in [9.17, 15) is 22.8 Å². The number of allylic oxidation sites excluding steroid dienone is 1. The second-order valence-corrected chi connectivity index (χ2v) is 11.3. The molecule has 1 amide bonds. The average molecular weight is 549 g/mol. The monoisotopic (exact) mass is 548 g/mol. The molecule has 2 aliphatic rings. The Labute approximate surface area is 231 Å². The van der Waals surface area contributed by atoms with E-state index in [1.54, 1.807) is 37.4 Å². The fourth-order valence-corrected chi connectivity index (χ4v) is 5.54. The third-order valence-electron chi connectivity index (χ3n) is 7.63. The SMILES string of the molecule is COc1ccc([C@H]2CC(=O)C3=C(C2)Nc2ccccc2N(C(=O)C(F)(F)F)[C@H]3c2ccc(C(C)(C)C)cc2)cc1. The van der Waals surface area contributed by atoms with Crippen molar-refractivity contribution in [2.24, 2.45) is 0 Å². The molecule has 0 fully saturated rings. The van der Waals surface area contributed by atoms with Gasteiger partial charge in [-0.15, -0.1) is 0 Å². The number of carbonyl (C=O) groups excluding carboxylic acids is 2. The molecule has 0 saturated carbocycles. The van der Waals surface area contributed by atoms with Crippen LogP contribution in [0.3, 0.4) is 0 Å². The van der Waals surface area contributed by atoms with E-state index >= 15 is 0 Å². The Kier molecular flexibility index (Phi) is 6.98. The van der Waals surface area contributed by atoms with Crippen LogP contribution in [0.25, 0.3) is 0 Å². The van der Waals surface area contributed by atoms with Crippen LogP contribution in [0, 0.1) is 0 Å². The molecule has 5 nitrogen and oxygen atoms in total. The first kappa shape index (κ1) is 27.5. The summed E-state index contributed by atoms with van der Waals surface area (Å²) in [4.78, 5) is 27.8. The standard InChI is InChI=1S/C32H31F3N2O3/c1-31(2,3)22-13-9-20(10-14-22)29-28-25(17-21(18-27(28)38)19-11-15-23(40-4)16-12-19)36-24-7-5-6-8-26(24)37(29)30(39)32(33,34)35/h5-16,21,29,36H,17-18H2,1-4H3/t21-,29+/m1/s1. The molecule has 0 aromatic heterocycles. The number of benzene rings is 3. The number of nitrogens with zero attached hydrogens (tertiary/aromatic N) is 1. The van der Waals surface area contributed by atoms with Crippen molar-refractivity contribution >= 4 is 23.1 Å². The molecule has 1 aliphatic heterocycles. The molecule has 208 valence electrons. The summed E-state index contributed by atoms with van der Waals surface area (Å²) in [5, 5.41) is 3.26. The van der Waals surface area contributed by atoms with Gasteiger partial charge in [-0.2, -0.15) is 13.2 Å². The van der Waals surface area contributed by atoms with Crippen molar-refractivity contribution in [2.45, 2.75) is 57.2 Å². The smallest absolute Gasteiger partial charge is 0.471 e. The summed E-state index contributed by atoms with van der Waals surface area (Å²) in [6.07, 6.45) is -4.65. The molecule has 1 heterocycles. The Morgan fingerprint density at radius 2 is 1.52 bits per heavy atom. The van der Waals surface area contributed by atoms with Crippen molar-refractivity contribution in [1.29, 1.82) is 0 Å². The molecule has 5 rings (SSSR count). The van der Waals surface area contributed by atoms with Gasteiger partial charge < -0.3 is 10.1 Å². The molecule has 0 unspecified atom stereocenters. The zero-order chi connectivity index (χ0) is 28.8. The lowest BCUT2D eigenvalue weighted by Gasteiger charge is -2.35. The van der Waals surface area contributed by atoms with E-state index in [2.05, 4.69) is 5.32 Å². The van der Waals surface area contributed by atoms with Gasteiger partial charge in [0.25, 0.3) is 0 Å². The van der Waals surface area contributed by atoms with E-state index in [-0.39, 0.29) is 34.8 Å². The van der Waals surface area contributed by atoms with Crippen LogP contribution in [0.15, 0.2) is 84.1 Å². The van der Waals surface area contributed by atoms with Crippen LogP contribution in [0.1, 0.15) is 62.3 Å². The number of ketones is 1. The highest BCUT2D eigenvalue weighted by molar-refractivity contribution is 6.07. The maximum Gasteiger partial charge on any atom is 0.471 e. The van der Waals surface area contributed by atoms with E-state index in [1.165, 1.54) is 6.07 Å². The highest BCUT2D eigenvalue weighted by atomic mass is 19.4. The van der Waals surface area contributed by atoms with Gasteiger partial charge in [0, 0.05) is 17.7 Å². The number of ether oxygens (including phenoxy) is 1. The van der Waals surface area contributed by atoms with E-state index in [4.69, 9.17) is 4.74 Å². The molecule has 0 bridgehead atoms. The van der Waals surface area contributed by atoms with Gasteiger partial charge >= 0.3 is 12.1 Å². The quantitative estimate of drug-likeness (QED) is 0.369. The highest BCUT2D eigenvalue weighted by Gasteiger charge is 2.50. The number of hydrogen-bond donors (Lipinski definition) is 1. The lowest BCUT2D eigenvalue weighted by atomic mass is 9.77. The van der Waals surface area contributed by atoms with Crippen LogP contribution in [0.2, 0.25) is 0 Å². The number of alkyl halides is 3. The Morgan fingerprint density at radius 3 is 2.12 bits per heavy atom. The Hall–Kier alpha value is -4.07. The van der Waals surface area contributed by atoms with E-state index in [0.29, 0.717) is 29.1 Å². The van der Waals surface area contributed by atoms with Gasteiger partial charge in [0.1, 0.15) is 5.75 Å². The molecule has 8 heteroatoms. The molecule has 3 aromatic carbocycles. The number of fused-ring (bicyclic) bond motifs is 1. The first-order valence-electron chi connectivity index (χ1n) is 13.2. The van der Waals surface area contributed by atoms with Gasteiger partial charge in [0.15, 0.2) is 5.78 Å². The molecule has 0 radical (unpaired) electrons. The lowest BCUT2D eigenvalue weighted by Crippen LogP contribution is -2.45. The molecule has 1 N–H and O–H groups in total. The number of para-hydroxylation sites is 2. The van der Waals surface area contributed by atoms with Crippen LogP contribution in [-0.2, 0) is 15.0 Å². The van der Waals surface area contributed by atoms with Crippen molar-refractivity contribution in [1.82, 2.24) is 0 Å². The summed E-state index contributed by atoms with van der Waals surface area (Å²) in [5.74, 6) is -1.82. The second-order valence-electron chi connectivity index (χ2n) is 11.3. The van der Waals surface area contributed by atoms with Crippen molar-refractivity contribution < 1.29 is 27.5 Å². The Bertz CT molecular complexity index is 1470. The number of nitrogens with one attached hydrogen (secondary N) is 1. The summed E-state index contributed by atoms with van der Waals surface area (Å²) in [6, 6.07) is 19.7. The number of anilines is 2. The van der Waals surface area contributed by atoms with Crippen molar-refractivity contribution in [3.63, 3.8) is 0 Å². The Morgan fingerprint density at radius 1 is 0.900 bits per heavy atom. The van der Waals surface area contributed by atoms with Crippen LogP contribution in [0.5, 0.6) is 5.75 Å². The van der Waals surface area contributed by atoms with Gasteiger partial charge in [-0.3, -0.25) is 14.5 Å². The zero-order valence-electron chi connectivity index (χ0n) is 22.8. The predicted molar refractivity (Wildman–Crippen MR) is 148 cm³/mol. The molecule has 40 heavy (non-hydrogen) atoms. The molecule has 3 aromatic rings. The number of hydrogen-bond acceptors (Lipinski definition) is 4. The second kappa shape index (κ2) is 10.2. The number of methoxy groups -OCH3 is 1. The zero-order valence-corrected chi connectivity index (χ0v) is 22.8. The summed E-state index contributed by atoms with van der Waals surface area (Å²) in [6.45, 7) is 6.12. The largest absolute Gasteiger partial charge is 0.497 e. The minimum atomic E-state index is -5.15. The van der Waals surface area contributed by atoms with E-state index < -0.39 is 18.1 Å². The highest BCUT2D eigenvalue weighted by Crippen LogP contribution is 2.48. The summed E-state index contributed by atoms with van der Waals surface area (Å²) >= 11 is 0. The predicted octanol–water partition coefficient (Wildman–Crippen LogP) is 7.46. The molecule has 0 saturated heterocycles. The van der Waals surface area contributed by atoms with Gasteiger partial charge in [-0.25, -0.2) is 0 Å². The van der Waals surface area contributed by atoms with Crippen LogP contribution in [0.4, 0.5) is 24.5 Å². The molecule has 2 atom stereocenters. The van der Waals surface area contributed by atoms with Gasteiger partial charge in [0.05, 0.1) is 24.5 Å². The summed E-state index contributed by atoms with van der Waals surface area (Å²) < 4.78 is 47.6. The summed E-state index contributed by atoms with van der Waals surface area (Å²) in [7, 11) is 1.57. The van der Waals surface area contributed by atoms with Gasteiger partial charge in [0.2, 0.25) is 0 Å². The first-order valence-corrected chi connectivity index (χ1v) is 13.2. The maximum atomic E-state index is 14.1. The first-order chi connectivity index (χ1) is 18.9. The van der Waals surface area contributed by atoms with Crippen LogP contribution in [-0.4, -0.2) is 25.0 Å². The number of carbonyl (C=O) groups is 2. The number of halogens is 3. The fourth-order valence-electron chi connectivity index (χ4n) is 5.54. The normalized spacial score (nSPS) is 19.4. The van der Waals surface area contributed by atoms with Crippen LogP contribution >= 0.6 is 0 Å². The minimum absolute atomic E-state index is 0.0675. The molecular weight excluding hydrogens is 517 g/mol. The van der Waals surface area contributed by atoms with Crippen molar-refractivity contribution in [2.75, 3.05) is 17.3 Å².